The molecule has 3 N–H and O–H groups in total. The van der Waals surface area contributed by atoms with Crippen LogP contribution in [0.5, 0.6) is 17.2 Å². The fourth-order valence-electron chi connectivity index (χ4n) is 3.84. The average Bonchev–Trinajstić information content (AvgIpc) is 2.92. The van der Waals surface area contributed by atoms with Crippen molar-refractivity contribution in [3.8, 4) is 17.2 Å². The molecule has 0 aliphatic carbocycles. The van der Waals surface area contributed by atoms with E-state index in [1.165, 1.54) is 36.5 Å². The molecule has 16 heteroatoms. The topological polar surface area (TPSA) is 223 Å². The number of benzene rings is 4. The van der Waals surface area contributed by atoms with Crippen LogP contribution in [-0.2, 0) is 10.1 Å². The number of azo groups is 2. The van der Waals surface area contributed by atoms with Gasteiger partial charge >= 0.3 is 29.6 Å². The van der Waals surface area contributed by atoms with Crippen molar-refractivity contribution in [3.05, 3.63) is 83.0 Å². The first-order valence-electron chi connectivity index (χ1n) is 11.2. The van der Waals surface area contributed by atoms with Crippen LogP contribution in [0.2, 0.25) is 0 Å². The molecular formula is C25H15N6NaO8S. The number of non-ortho nitro benzene ring substituents is 1. The van der Waals surface area contributed by atoms with Crippen LogP contribution in [0.3, 0.4) is 0 Å². The van der Waals surface area contributed by atoms with Gasteiger partial charge in [-0.05, 0) is 60.0 Å². The van der Waals surface area contributed by atoms with Gasteiger partial charge in [-0.15, -0.1) is 15.3 Å². The first kappa shape index (κ1) is 29.4. The quantitative estimate of drug-likeness (QED) is 0.0877. The van der Waals surface area contributed by atoms with Crippen LogP contribution in [-0.4, -0.2) is 38.2 Å². The number of pyridine rings is 1. The number of fused-ring (bicyclic) bond motifs is 2. The van der Waals surface area contributed by atoms with Crippen LogP contribution in [0.25, 0.3) is 21.7 Å². The van der Waals surface area contributed by atoms with Gasteiger partial charge in [-0.2, -0.15) is 5.11 Å². The molecule has 0 saturated heterocycles. The van der Waals surface area contributed by atoms with E-state index in [0.717, 1.165) is 24.3 Å². The summed E-state index contributed by atoms with van der Waals surface area (Å²) in [7, 11) is -5.18. The number of aromatic nitrogens is 1. The van der Waals surface area contributed by atoms with Crippen molar-refractivity contribution in [1.82, 2.24) is 4.98 Å². The molecule has 5 rings (SSSR count). The summed E-state index contributed by atoms with van der Waals surface area (Å²) in [4.78, 5) is 13.3. The molecule has 1 heterocycles. The Hall–Kier alpha value is -4.54. The van der Waals surface area contributed by atoms with Gasteiger partial charge in [-0.1, -0.05) is 0 Å². The fraction of sp³-hybridized carbons (Fsp3) is 0. The van der Waals surface area contributed by atoms with Gasteiger partial charge < -0.3 is 19.9 Å². The summed E-state index contributed by atoms with van der Waals surface area (Å²) in [6.45, 7) is 0. The van der Waals surface area contributed by atoms with Crippen molar-refractivity contribution in [2.45, 2.75) is 4.90 Å². The van der Waals surface area contributed by atoms with E-state index in [0.29, 0.717) is 16.6 Å². The van der Waals surface area contributed by atoms with Crippen LogP contribution in [0.4, 0.5) is 28.4 Å². The van der Waals surface area contributed by atoms with Crippen molar-refractivity contribution < 1.29 is 62.8 Å². The minimum absolute atomic E-state index is 0. The Bertz CT molecular complexity index is 2020. The van der Waals surface area contributed by atoms with E-state index in [-0.39, 0.29) is 57.5 Å². The zero-order valence-electron chi connectivity index (χ0n) is 20.9. The first-order valence-corrected chi connectivity index (χ1v) is 12.6. The smallest absolute Gasteiger partial charge is 0.744 e. The van der Waals surface area contributed by atoms with Gasteiger partial charge in [0, 0.05) is 23.0 Å². The van der Waals surface area contributed by atoms with Crippen molar-refractivity contribution in [3.63, 3.8) is 0 Å². The van der Waals surface area contributed by atoms with Crippen molar-refractivity contribution in [2.75, 3.05) is 0 Å². The summed E-state index contributed by atoms with van der Waals surface area (Å²) in [5, 5.41) is 58.1. The molecule has 1 aromatic heterocycles. The van der Waals surface area contributed by atoms with Gasteiger partial charge in [-0.25, -0.2) is 8.42 Å². The normalized spacial score (nSPS) is 11.8. The van der Waals surface area contributed by atoms with E-state index in [1.54, 1.807) is 12.1 Å². The number of aromatic hydroxyl groups is 3. The number of hydrogen-bond acceptors (Lipinski definition) is 13. The third kappa shape index (κ3) is 5.98. The SMILES string of the molecule is O=[N+]([O-])c1ccc(N=Nc2c(S(=O)(=O)[O-])cc3cc(N=Nc4ccc(O)c5ncccc45)ccc3c2O)c(O)c1.[Na+]. The standard InChI is InChI=1S/C25H16N6O8S.Na/c32-20-8-7-18(17-2-1-9-26-23(17)20)28-27-14-3-5-16-13(10-14)11-22(40(37,38)39)24(25(16)34)30-29-19-6-4-15(31(35)36)12-21(19)33;/h1-12,32-34H,(H,37,38,39);/q;+1/p-1. The monoisotopic (exact) mass is 582 g/mol. The number of hydrogen-bond donors (Lipinski definition) is 3. The maximum absolute atomic E-state index is 12.0. The van der Waals surface area contributed by atoms with Crippen molar-refractivity contribution in [2.24, 2.45) is 20.5 Å². The number of nitro benzene ring substituents is 1. The molecule has 0 spiro atoms. The average molecular weight is 582 g/mol. The summed E-state index contributed by atoms with van der Waals surface area (Å²) < 4.78 is 36.1. The molecule has 0 unspecified atom stereocenters. The molecule has 5 aromatic rings. The maximum atomic E-state index is 12.0. The summed E-state index contributed by atoms with van der Waals surface area (Å²) in [6.07, 6.45) is 1.52. The van der Waals surface area contributed by atoms with E-state index in [1.807, 2.05) is 0 Å². The number of nitrogens with zero attached hydrogens (tertiary/aromatic N) is 6. The van der Waals surface area contributed by atoms with Crippen LogP contribution < -0.4 is 29.6 Å². The van der Waals surface area contributed by atoms with E-state index in [9.17, 15) is 38.4 Å². The number of rotatable bonds is 6. The first-order chi connectivity index (χ1) is 19.0. The predicted molar refractivity (Wildman–Crippen MR) is 140 cm³/mol. The number of phenols is 3. The van der Waals surface area contributed by atoms with Crippen LogP contribution >= 0.6 is 0 Å². The fourth-order valence-corrected chi connectivity index (χ4v) is 4.49. The summed E-state index contributed by atoms with van der Waals surface area (Å²) in [6, 6.07) is 14.5. The Kier molecular flexibility index (Phi) is 8.27. The number of nitro groups is 1. The van der Waals surface area contributed by atoms with Gasteiger partial charge in [0.25, 0.3) is 5.69 Å². The minimum Gasteiger partial charge on any atom is -0.744 e. The maximum Gasteiger partial charge on any atom is 1.00 e. The second kappa shape index (κ2) is 11.5. The van der Waals surface area contributed by atoms with Crippen LogP contribution in [0, 0.1) is 10.1 Å². The Labute approximate surface area is 252 Å². The molecule has 14 nitrogen and oxygen atoms in total. The zero-order chi connectivity index (χ0) is 28.6. The summed E-state index contributed by atoms with van der Waals surface area (Å²) >= 11 is 0. The van der Waals surface area contributed by atoms with Crippen LogP contribution in [0.15, 0.2) is 98.3 Å². The largest absolute Gasteiger partial charge is 1.00 e. The second-order valence-electron chi connectivity index (χ2n) is 8.26. The van der Waals surface area contributed by atoms with E-state index in [4.69, 9.17) is 0 Å². The van der Waals surface area contributed by atoms with Crippen molar-refractivity contribution in [1.29, 1.82) is 0 Å². The van der Waals surface area contributed by atoms with Crippen molar-refractivity contribution >= 4 is 60.2 Å². The molecule has 0 fully saturated rings. The number of phenolic OH excluding ortho intramolecular Hbond substituents is 3. The van der Waals surface area contributed by atoms with Gasteiger partial charge in [0.2, 0.25) is 0 Å². The van der Waals surface area contributed by atoms with E-state index >= 15 is 0 Å². The predicted octanol–water partition coefficient (Wildman–Crippen LogP) is 3.15. The zero-order valence-corrected chi connectivity index (χ0v) is 23.7. The second-order valence-corrected chi connectivity index (χ2v) is 9.61. The van der Waals surface area contributed by atoms with Crippen LogP contribution in [0.1, 0.15) is 0 Å². The molecule has 0 amide bonds. The Morgan fingerprint density at radius 3 is 2.24 bits per heavy atom. The van der Waals surface area contributed by atoms with Gasteiger partial charge in [0.1, 0.15) is 38.5 Å². The van der Waals surface area contributed by atoms with Gasteiger partial charge in [0.15, 0.2) is 5.75 Å². The summed E-state index contributed by atoms with van der Waals surface area (Å²) in [5.41, 5.74) is -0.398. The molecule has 41 heavy (non-hydrogen) atoms. The van der Waals surface area contributed by atoms with E-state index in [2.05, 4.69) is 25.4 Å². The van der Waals surface area contributed by atoms with Gasteiger partial charge in [-0.3, -0.25) is 15.1 Å². The Morgan fingerprint density at radius 1 is 0.805 bits per heavy atom. The molecule has 0 bridgehead atoms. The molecular weight excluding hydrogens is 567 g/mol. The van der Waals surface area contributed by atoms with E-state index < -0.39 is 42.8 Å². The molecule has 0 aliphatic rings. The molecule has 4 aromatic carbocycles. The molecule has 0 atom stereocenters. The Morgan fingerprint density at radius 2 is 1.54 bits per heavy atom. The Balaban J connectivity index is 0.00000387. The third-order valence-corrected chi connectivity index (χ3v) is 6.58. The molecule has 200 valence electrons. The third-order valence-electron chi connectivity index (χ3n) is 5.73. The minimum atomic E-state index is -5.18. The molecule has 0 aliphatic heterocycles. The molecule has 0 radical (unpaired) electrons. The summed E-state index contributed by atoms with van der Waals surface area (Å²) in [5.74, 6) is -1.34. The molecule has 0 saturated carbocycles. The van der Waals surface area contributed by atoms with Gasteiger partial charge in [0.05, 0.1) is 27.3 Å².